The SMILES string of the molecule is CCOC(=O)Cc1nc(OC(F)(F)F)cc(C(F)F)c1F. The lowest BCUT2D eigenvalue weighted by molar-refractivity contribution is -0.276. The first-order valence-electron chi connectivity index (χ1n) is 5.52. The molecule has 1 aromatic heterocycles. The molecule has 0 amide bonds. The summed E-state index contributed by atoms with van der Waals surface area (Å²) in [4.78, 5) is 14.2. The number of ether oxygens (including phenoxy) is 2. The molecule has 0 N–H and O–H groups in total. The summed E-state index contributed by atoms with van der Waals surface area (Å²) in [5, 5.41) is 0. The van der Waals surface area contributed by atoms with Gasteiger partial charge < -0.3 is 9.47 Å². The summed E-state index contributed by atoms with van der Waals surface area (Å²) >= 11 is 0. The van der Waals surface area contributed by atoms with Gasteiger partial charge in [-0.1, -0.05) is 0 Å². The van der Waals surface area contributed by atoms with Crippen molar-refractivity contribution in [1.82, 2.24) is 4.98 Å². The van der Waals surface area contributed by atoms with Crippen LogP contribution in [0, 0.1) is 5.82 Å². The van der Waals surface area contributed by atoms with Gasteiger partial charge in [-0.05, 0) is 6.92 Å². The monoisotopic (exact) mass is 317 g/mol. The van der Waals surface area contributed by atoms with Crippen LogP contribution in [0.2, 0.25) is 0 Å². The van der Waals surface area contributed by atoms with E-state index in [0.717, 1.165) is 0 Å². The lowest BCUT2D eigenvalue weighted by Crippen LogP contribution is -2.20. The second kappa shape index (κ2) is 6.64. The van der Waals surface area contributed by atoms with Gasteiger partial charge in [0.25, 0.3) is 6.43 Å². The molecule has 10 heteroatoms. The van der Waals surface area contributed by atoms with E-state index in [1.54, 1.807) is 0 Å². The number of carbonyl (C=O) groups is 1. The predicted molar refractivity (Wildman–Crippen MR) is 56.2 cm³/mol. The van der Waals surface area contributed by atoms with Crippen LogP contribution >= 0.6 is 0 Å². The van der Waals surface area contributed by atoms with Gasteiger partial charge in [-0.25, -0.2) is 18.2 Å². The first-order chi connectivity index (χ1) is 9.64. The molecule has 0 saturated carbocycles. The van der Waals surface area contributed by atoms with Gasteiger partial charge in [0.1, 0.15) is 0 Å². The molecule has 0 aliphatic rings. The molecule has 0 bridgehead atoms. The number of aromatic nitrogens is 1. The maximum Gasteiger partial charge on any atom is 0.574 e. The van der Waals surface area contributed by atoms with Crippen molar-refractivity contribution in [2.24, 2.45) is 0 Å². The minimum absolute atomic E-state index is 0.0686. The van der Waals surface area contributed by atoms with E-state index in [4.69, 9.17) is 0 Å². The van der Waals surface area contributed by atoms with E-state index in [1.807, 2.05) is 0 Å². The molecule has 0 unspecified atom stereocenters. The van der Waals surface area contributed by atoms with Crippen LogP contribution in [-0.2, 0) is 16.0 Å². The van der Waals surface area contributed by atoms with E-state index in [-0.39, 0.29) is 12.7 Å². The number of nitrogens with zero attached hydrogens (tertiary/aromatic N) is 1. The Labute approximate surface area is 114 Å². The Hall–Kier alpha value is -2.00. The highest BCUT2D eigenvalue weighted by molar-refractivity contribution is 5.72. The summed E-state index contributed by atoms with van der Waals surface area (Å²) in [7, 11) is 0. The Bertz CT molecular complexity index is 517. The van der Waals surface area contributed by atoms with Crippen molar-refractivity contribution < 1.29 is 40.6 Å². The highest BCUT2D eigenvalue weighted by atomic mass is 19.4. The van der Waals surface area contributed by atoms with E-state index in [1.165, 1.54) is 6.92 Å². The molecule has 0 aliphatic carbocycles. The molecule has 0 aliphatic heterocycles. The van der Waals surface area contributed by atoms with Gasteiger partial charge >= 0.3 is 12.3 Å². The first-order valence-corrected chi connectivity index (χ1v) is 5.52. The number of hydrogen-bond acceptors (Lipinski definition) is 4. The van der Waals surface area contributed by atoms with Gasteiger partial charge in [0, 0.05) is 6.07 Å². The number of halogens is 6. The summed E-state index contributed by atoms with van der Waals surface area (Å²) in [6.45, 7) is 1.37. The van der Waals surface area contributed by atoms with Crippen LogP contribution in [0.4, 0.5) is 26.3 Å². The molecule has 0 spiro atoms. The van der Waals surface area contributed by atoms with Gasteiger partial charge in [-0.2, -0.15) is 0 Å². The average Bonchev–Trinajstić information content (AvgIpc) is 2.31. The fourth-order valence-corrected chi connectivity index (χ4v) is 1.37. The zero-order chi connectivity index (χ0) is 16.2. The zero-order valence-corrected chi connectivity index (χ0v) is 10.5. The molecule has 0 fully saturated rings. The molecule has 1 aromatic rings. The third kappa shape index (κ3) is 5.12. The minimum atomic E-state index is -5.19. The summed E-state index contributed by atoms with van der Waals surface area (Å²) in [6.07, 6.45) is -9.48. The van der Waals surface area contributed by atoms with Crippen LogP contribution in [0.5, 0.6) is 5.88 Å². The molecule has 1 rings (SSSR count). The quantitative estimate of drug-likeness (QED) is 0.618. The lowest BCUT2D eigenvalue weighted by Gasteiger charge is -2.12. The van der Waals surface area contributed by atoms with Crippen LogP contribution < -0.4 is 4.74 Å². The van der Waals surface area contributed by atoms with E-state index < -0.39 is 48.1 Å². The number of pyridine rings is 1. The maximum absolute atomic E-state index is 13.6. The number of esters is 1. The largest absolute Gasteiger partial charge is 0.574 e. The molecule has 0 radical (unpaired) electrons. The Balaban J connectivity index is 3.18. The average molecular weight is 317 g/mol. The molecule has 0 aromatic carbocycles. The van der Waals surface area contributed by atoms with E-state index in [0.29, 0.717) is 0 Å². The first kappa shape index (κ1) is 17.1. The van der Waals surface area contributed by atoms with Gasteiger partial charge in [0.05, 0.1) is 24.3 Å². The number of carbonyl (C=O) groups excluding carboxylic acids is 1. The van der Waals surface area contributed by atoms with Crippen molar-refractivity contribution in [2.75, 3.05) is 6.61 Å². The molecule has 21 heavy (non-hydrogen) atoms. The van der Waals surface area contributed by atoms with Gasteiger partial charge in [0.2, 0.25) is 5.88 Å². The lowest BCUT2D eigenvalue weighted by atomic mass is 10.1. The summed E-state index contributed by atoms with van der Waals surface area (Å²) in [5.74, 6) is -3.88. The van der Waals surface area contributed by atoms with E-state index in [9.17, 15) is 31.1 Å². The van der Waals surface area contributed by atoms with Gasteiger partial charge in [-0.3, -0.25) is 4.79 Å². The second-order valence-electron chi connectivity index (χ2n) is 3.64. The third-order valence-electron chi connectivity index (χ3n) is 2.10. The fourth-order valence-electron chi connectivity index (χ4n) is 1.37. The molecule has 0 saturated heterocycles. The fraction of sp³-hybridized carbons (Fsp3) is 0.455. The third-order valence-corrected chi connectivity index (χ3v) is 2.10. The highest BCUT2D eigenvalue weighted by Gasteiger charge is 2.33. The van der Waals surface area contributed by atoms with Crippen LogP contribution in [0.1, 0.15) is 24.6 Å². The van der Waals surface area contributed by atoms with Gasteiger partial charge in [0.15, 0.2) is 5.82 Å². The number of rotatable bonds is 5. The zero-order valence-electron chi connectivity index (χ0n) is 10.5. The van der Waals surface area contributed by atoms with Crippen LogP contribution in [0.15, 0.2) is 6.07 Å². The Morgan fingerprint density at radius 3 is 2.48 bits per heavy atom. The minimum Gasteiger partial charge on any atom is -0.466 e. The van der Waals surface area contributed by atoms with Crippen molar-refractivity contribution in [2.45, 2.75) is 26.1 Å². The normalized spacial score (nSPS) is 11.6. The molecular formula is C11H9F6NO3. The summed E-state index contributed by atoms with van der Waals surface area (Å²) in [5.41, 5.74) is -2.26. The Morgan fingerprint density at radius 2 is 2.00 bits per heavy atom. The molecule has 0 atom stereocenters. The second-order valence-corrected chi connectivity index (χ2v) is 3.64. The van der Waals surface area contributed by atoms with E-state index >= 15 is 0 Å². The van der Waals surface area contributed by atoms with Crippen LogP contribution in [0.3, 0.4) is 0 Å². The number of alkyl halides is 5. The van der Waals surface area contributed by atoms with Crippen molar-refractivity contribution in [3.63, 3.8) is 0 Å². The maximum atomic E-state index is 13.6. The summed E-state index contributed by atoms with van der Waals surface area (Å²) < 4.78 is 82.8. The standard InChI is InChI=1S/C11H9F6NO3/c1-2-20-8(19)4-6-9(12)5(10(13)14)3-7(18-6)21-11(15,16)17/h3,10H,2,4H2,1H3. The molecule has 1 heterocycles. The number of hydrogen-bond donors (Lipinski definition) is 0. The van der Waals surface area contributed by atoms with Crippen molar-refractivity contribution in [3.8, 4) is 5.88 Å². The topological polar surface area (TPSA) is 48.4 Å². The van der Waals surface area contributed by atoms with Crippen molar-refractivity contribution >= 4 is 5.97 Å². The van der Waals surface area contributed by atoms with Gasteiger partial charge in [-0.15, -0.1) is 13.2 Å². The van der Waals surface area contributed by atoms with Crippen LogP contribution in [0.25, 0.3) is 0 Å². The van der Waals surface area contributed by atoms with Crippen LogP contribution in [-0.4, -0.2) is 23.9 Å². The molecular weight excluding hydrogens is 308 g/mol. The van der Waals surface area contributed by atoms with Crippen molar-refractivity contribution in [3.05, 3.63) is 23.1 Å². The molecule has 4 nitrogen and oxygen atoms in total. The smallest absolute Gasteiger partial charge is 0.466 e. The Morgan fingerprint density at radius 1 is 1.38 bits per heavy atom. The molecule has 118 valence electrons. The van der Waals surface area contributed by atoms with Crippen molar-refractivity contribution in [1.29, 1.82) is 0 Å². The van der Waals surface area contributed by atoms with E-state index in [2.05, 4.69) is 14.5 Å². The predicted octanol–water partition coefficient (Wildman–Crippen LogP) is 3.16. The highest BCUT2D eigenvalue weighted by Crippen LogP contribution is 2.29. The summed E-state index contributed by atoms with van der Waals surface area (Å²) in [6, 6.07) is 0.127. The Kier molecular flexibility index (Phi) is 5.39.